The number of nitrogens with one attached hydrogen (secondary N) is 2. The summed E-state index contributed by atoms with van der Waals surface area (Å²) in [5.41, 5.74) is 5.32. The quantitative estimate of drug-likeness (QED) is 0.507. The van der Waals surface area contributed by atoms with Crippen LogP contribution in [0.5, 0.6) is 0 Å². The Balaban J connectivity index is 4.29. The third kappa shape index (κ3) is 5.33. The van der Waals surface area contributed by atoms with E-state index in [0.29, 0.717) is 0 Å². The van der Waals surface area contributed by atoms with Crippen LogP contribution in [-0.4, -0.2) is 39.1 Å². The predicted octanol–water partition coefficient (Wildman–Crippen LogP) is -2.08. The molecule has 0 radical (unpaired) electrons. The summed E-state index contributed by atoms with van der Waals surface area (Å²) in [5, 5.41) is 2.28. The molecular weight excluding hydrogens is 222 g/mol. The van der Waals surface area contributed by atoms with E-state index in [0.717, 1.165) is 0 Å². The van der Waals surface area contributed by atoms with Crippen molar-refractivity contribution in [1.29, 1.82) is 0 Å². The van der Waals surface area contributed by atoms with Crippen molar-refractivity contribution in [3.8, 4) is 0 Å². The number of nitrogens with two attached hydrogens (primary N) is 1. The zero-order valence-electron chi connectivity index (χ0n) is 8.61. The molecule has 0 rings (SSSR count). The van der Waals surface area contributed by atoms with Gasteiger partial charge in [0.05, 0.1) is 18.2 Å². The molecule has 0 aromatic heterocycles. The highest BCUT2D eigenvalue weighted by Crippen LogP contribution is 1.91. The highest BCUT2D eigenvalue weighted by molar-refractivity contribution is 7.90. The molecule has 0 aliphatic rings. The van der Waals surface area contributed by atoms with Crippen LogP contribution in [-0.2, 0) is 19.6 Å². The number of amides is 2. The Morgan fingerprint density at radius 1 is 1.40 bits per heavy atom. The van der Waals surface area contributed by atoms with Gasteiger partial charge in [-0.2, -0.15) is 0 Å². The average molecular weight is 237 g/mol. The van der Waals surface area contributed by atoms with Gasteiger partial charge < -0.3 is 11.1 Å². The van der Waals surface area contributed by atoms with Gasteiger partial charge in [0.1, 0.15) is 0 Å². The minimum absolute atomic E-state index is 0.217. The van der Waals surface area contributed by atoms with Crippen molar-refractivity contribution in [2.45, 2.75) is 19.4 Å². The SMILES string of the molecule is CCS(=O)(=O)NC(=O)C(N)CC(=O)NC. The molecule has 0 saturated carbocycles. The molecular formula is C7H15N3O4S. The fourth-order valence-electron chi connectivity index (χ4n) is 0.696. The van der Waals surface area contributed by atoms with Gasteiger partial charge in [-0.05, 0) is 6.92 Å². The van der Waals surface area contributed by atoms with E-state index >= 15 is 0 Å². The molecule has 0 aromatic rings. The van der Waals surface area contributed by atoms with Crippen LogP contribution in [0.4, 0.5) is 0 Å². The maximum absolute atomic E-state index is 11.2. The maximum atomic E-state index is 11.2. The molecule has 88 valence electrons. The molecule has 8 heteroatoms. The summed E-state index contributed by atoms with van der Waals surface area (Å²) in [5.74, 6) is -1.52. The summed E-state index contributed by atoms with van der Waals surface area (Å²) < 4.78 is 23.7. The van der Waals surface area contributed by atoms with Crippen molar-refractivity contribution >= 4 is 21.8 Å². The largest absolute Gasteiger partial charge is 0.359 e. The summed E-state index contributed by atoms with van der Waals surface area (Å²) in [7, 11) is -2.22. The van der Waals surface area contributed by atoms with Crippen LogP contribution in [0.2, 0.25) is 0 Å². The maximum Gasteiger partial charge on any atom is 0.250 e. The number of rotatable bonds is 5. The van der Waals surface area contributed by atoms with Crippen molar-refractivity contribution < 1.29 is 18.0 Å². The Hall–Kier alpha value is -1.15. The van der Waals surface area contributed by atoms with Crippen LogP contribution in [0.15, 0.2) is 0 Å². The Kier molecular flexibility index (Phi) is 5.23. The topological polar surface area (TPSA) is 118 Å². The molecule has 0 aliphatic heterocycles. The molecule has 0 bridgehead atoms. The molecule has 4 N–H and O–H groups in total. The first-order chi connectivity index (χ1) is 6.82. The van der Waals surface area contributed by atoms with Crippen molar-refractivity contribution in [2.24, 2.45) is 5.73 Å². The molecule has 0 heterocycles. The highest BCUT2D eigenvalue weighted by Gasteiger charge is 2.20. The van der Waals surface area contributed by atoms with Gasteiger partial charge in [-0.15, -0.1) is 0 Å². The van der Waals surface area contributed by atoms with Crippen molar-refractivity contribution in [3.05, 3.63) is 0 Å². The smallest absolute Gasteiger partial charge is 0.250 e. The Morgan fingerprint density at radius 3 is 2.33 bits per heavy atom. The molecule has 0 saturated heterocycles. The molecule has 0 aliphatic carbocycles. The Labute approximate surface area is 88.5 Å². The summed E-state index contributed by atoms with van der Waals surface area (Å²) in [6.45, 7) is 1.39. The Morgan fingerprint density at radius 2 is 1.93 bits per heavy atom. The van der Waals surface area contributed by atoms with Crippen molar-refractivity contribution in [3.63, 3.8) is 0 Å². The van der Waals surface area contributed by atoms with Gasteiger partial charge in [0.25, 0.3) is 5.91 Å². The normalized spacial score (nSPS) is 13.0. The summed E-state index contributed by atoms with van der Waals surface area (Å²) in [4.78, 5) is 22.0. The van der Waals surface area contributed by atoms with Crippen molar-refractivity contribution in [2.75, 3.05) is 12.8 Å². The van der Waals surface area contributed by atoms with Crippen LogP contribution in [0.1, 0.15) is 13.3 Å². The first-order valence-electron chi connectivity index (χ1n) is 4.33. The monoisotopic (exact) mass is 237 g/mol. The number of hydrogen-bond acceptors (Lipinski definition) is 5. The van der Waals surface area contributed by atoms with Crippen LogP contribution in [0.3, 0.4) is 0 Å². The lowest BCUT2D eigenvalue weighted by molar-refractivity contribution is -0.126. The van der Waals surface area contributed by atoms with E-state index in [1.165, 1.54) is 14.0 Å². The van der Waals surface area contributed by atoms with Gasteiger partial charge in [0, 0.05) is 7.05 Å². The lowest BCUT2D eigenvalue weighted by Crippen LogP contribution is -2.45. The Bertz CT molecular complexity index is 338. The van der Waals surface area contributed by atoms with Gasteiger partial charge in [0.15, 0.2) is 0 Å². The van der Waals surface area contributed by atoms with E-state index in [1.807, 2.05) is 0 Å². The summed E-state index contributed by atoms with van der Waals surface area (Å²) in [6, 6.07) is -1.16. The first kappa shape index (κ1) is 13.8. The van der Waals surface area contributed by atoms with E-state index in [4.69, 9.17) is 5.73 Å². The van der Waals surface area contributed by atoms with Gasteiger partial charge in [-0.3, -0.25) is 14.3 Å². The zero-order chi connectivity index (χ0) is 12.1. The third-order valence-corrected chi connectivity index (χ3v) is 2.93. The molecule has 0 fully saturated rings. The van der Waals surface area contributed by atoms with E-state index in [9.17, 15) is 18.0 Å². The third-order valence-electron chi connectivity index (χ3n) is 1.66. The molecule has 15 heavy (non-hydrogen) atoms. The molecule has 1 atom stereocenters. The second kappa shape index (κ2) is 5.66. The summed E-state index contributed by atoms with van der Waals surface area (Å²) >= 11 is 0. The van der Waals surface area contributed by atoms with E-state index in [2.05, 4.69) is 5.32 Å². The van der Waals surface area contributed by atoms with Crippen LogP contribution < -0.4 is 15.8 Å². The van der Waals surface area contributed by atoms with E-state index < -0.39 is 27.9 Å². The van der Waals surface area contributed by atoms with E-state index in [1.54, 1.807) is 4.72 Å². The van der Waals surface area contributed by atoms with Gasteiger partial charge >= 0.3 is 0 Å². The van der Waals surface area contributed by atoms with Crippen LogP contribution in [0.25, 0.3) is 0 Å². The second-order valence-corrected chi connectivity index (χ2v) is 4.86. The molecule has 7 nitrogen and oxygen atoms in total. The lowest BCUT2D eigenvalue weighted by Gasteiger charge is -2.10. The molecule has 0 aromatic carbocycles. The molecule has 2 amide bonds. The average Bonchev–Trinajstić information content (AvgIpc) is 2.16. The minimum atomic E-state index is -3.62. The summed E-state index contributed by atoms with van der Waals surface area (Å²) in [6.07, 6.45) is -0.248. The number of carbonyl (C=O) groups excluding carboxylic acids is 2. The zero-order valence-corrected chi connectivity index (χ0v) is 9.43. The van der Waals surface area contributed by atoms with Gasteiger partial charge in [0.2, 0.25) is 15.9 Å². The standard InChI is InChI=1S/C7H15N3O4S/c1-3-15(13,14)10-7(12)5(8)4-6(11)9-2/h5H,3-4,8H2,1-2H3,(H,9,11)(H,10,12). The first-order valence-corrected chi connectivity index (χ1v) is 5.98. The van der Waals surface area contributed by atoms with Gasteiger partial charge in [-0.1, -0.05) is 0 Å². The van der Waals surface area contributed by atoms with Crippen molar-refractivity contribution in [1.82, 2.24) is 10.0 Å². The fourth-order valence-corrected chi connectivity index (χ4v) is 1.30. The minimum Gasteiger partial charge on any atom is -0.359 e. The lowest BCUT2D eigenvalue weighted by atomic mass is 10.2. The second-order valence-electron chi connectivity index (χ2n) is 2.85. The predicted molar refractivity (Wildman–Crippen MR) is 54.3 cm³/mol. The number of sulfonamides is 1. The molecule has 1 unspecified atom stereocenters. The highest BCUT2D eigenvalue weighted by atomic mass is 32.2. The van der Waals surface area contributed by atoms with Crippen LogP contribution >= 0.6 is 0 Å². The molecule has 0 spiro atoms. The fraction of sp³-hybridized carbons (Fsp3) is 0.714. The van der Waals surface area contributed by atoms with Crippen LogP contribution in [0, 0.1) is 0 Å². The number of carbonyl (C=O) groups is 2. The van der Waals surface area contributed by atoms with E-state index in [-0.39, 0.29) is 12.2 Å². The number of hydrogen-bond donors (Lipinski definition) is 3. The van der Waals surface area contributed by atoms with Gasteiger partial charge in [-0.25, -0.2) is 8.42 Å².